The standard InChI is InChI=1S/C18H19ClN4OS/c1-2-4-16-21-13-5-3-9-20-17(13)23(16)12-8-10-22(11-12)18(24)14-6-7-15(19)25-14/h3,5-7,9,12H,2,4,8,10-11H2,1H3/t12-/m1/s1. The smallest absolute Gasteiger partial charge is 0.264 e. The lowest BCUT2D eigenvalue weighted by molar-refractivity contribution is 0.0792. The molecule has 1 aliphatic rings. The molecule has 1 fully saturated rings. The van der Waals surface area contributed by atoms with E-state index in [1.165, 1.54) is 11.3 Å². The third kappa shape index (κ3) is 3.04. The molecule has 0 aromatic carbocycles. The van der Waals surface area contributed by atoms with Gasteiger partial charge in [0.15, 0.2) is 5.65 Å². The van der Waals surface area contributed by atoms with E-state index in [1.54, 1.807) is 12.1 Å². The zero-order valence-electron chi connectivity index (χ0n) is 14.0. The molecule has 0 spiro atoms. The van der Waals surface area contributed by atoms with Crippen molar-refractivity contribution in [2.24, 2.45) is 0 Å². The quantitative estimate of drug-likeness (QED) is 0.688. The second-order valence-electron chi connectivity index (χ2n) is 6.29. The van der Waals surface area contributed by atoms with Crippen LogP contribution >= 0.6 is 22.9 Å². The normalized spacial score (nSPS) is 17.5. The van der Waals surface area contributed by atoms with Crippen LogP contribution < -0.4 is 0 Å². The van der Waals surface area contributed by atoms with Crippen LogP contribution in [0.1, 0.15) is 41.3 Å². The maximum Gasteiger partial charge on any atom is 0.264 e. The summed E-state index contributed by atoms with van der Waals surface area (Å²) in [7, 11) is 0. The number of aromatic nitrogens is 3. The molecule has 4 rings (SSSR count). The molecule has 3 aromatic rings. The van der Waals surface area contributed by atoms with E-state index in [0.717, 1.165) is 42.8 Å². The molecule has 1 atom stereocenters. The van der Waals surface area contributed by atoms with Crippen LogP contribution in [-0.4, -0.2) is 38.4 Å². The number of hydrogen-bond donors (Lipinski definition) is 0. The number of rotatable bonds is 4. The molecule has 1 saturated heterocycles. The molecule has 3 aromatic heterocycles. The van der Waals surface area contributed by atoms with Gasteiger partial charge in [-0.2, -0.15) is 0 Å². The molecule has 0 unspecified atom stereocenters. The second-order valence-corrected chi connectivity index (χ2v) is 8.01. The Balaban J connectivity index is 1.62. The number of likely N-dealkylation sites (tertiary alicyclic amines) is 1. The second kappa shape index (κ2) is 6.77. The van der Waals surface area contributed by atoms with Gasteiger partial charge in [-0.05, 0) is 37.1 Å². The fourth-order valence-corrected chi connectivity index (χ4v) is 4.49. The van der Waals surface area contributed by atoms with Crippen LogP contribution in [0.3, 0.4) is 0 Å². The van der Waals surface area contributed by atoms with E-state index in [4.69, 9.17) is 16.6 Å². The minimum atomic E-state index is 0.0637. The van der Waals surface area contributed by atoms with E-state index in [9.17, 15) is 4.79 Å². The first kappa shape index (κ1) is 16.5. The van der Waals surface area contributed by atoms with E-state index in [-0.39, 0.29) is 11.9 Å². The average molecular weight is 375 g/mol. The lowest BCUT2D eigenvalue weighted by Gasteiger charge is -2.18. The number of hydrogen-bond acceptors (Lipinski definition) is 4. The maximum atomic E-state index is 12.7. The predicted molar refractivity (Wildman–Crippen MR) is 100 cm³/mol. The number of pyridine rings is 1. The van der Waals surface area contributed by atoms with Crippen LogP contribution in [0.15, 0.2) is 30.5 Å². The van der Waals surface area contributed by atoms with E-state index in [1.807, 2.05) is 23.2 Å². The van der Waals surface area contributed by atoms with Gasteiger partial charge in [0, 0.05) is 25.7 Å². The van der Waals surface area contributed by atoms with Crippen LogP contribution in [-0.2, 0) is 6.42 Å². The number of carbonyl (C=O) groups is 1. The van der Waals surface area contributed by atoms with E-state index in [2.05, 4.69) is 16.5 Å². The van der Waals surface area contributed by atoms with Gasteiger partial charge in [-0.15, -0.1) is 11.3 Å². The zero-order valence-corrected chi connectivity index (χ0v) is 15.6. The van der Waals surface area contributed by atoms with Crippen molar-refractivity contribution in [3.05, 3.63) is 45.5 Å². The van der Waals surface area contributed by atoms with E-state index >= 15 is 0 Å². The number of nitrogens with zero attached hydrogens (tertiary/aromatic N) is 4. The summed E-state index contributed by atoms with van der Waals surface area (Å²) >= 11 is 7.31. The summed E-state index contributed by atoms with van der Waals surface area (Å²) in [4.78, 5) is 24.6. The van der Waals surface area contributed by atoms with Gasteiger partial charge in [-0.3, -0.25) is 4.79 Å². The SMILES string of the molecule is CCCc1nc2cccnc2n1[C@@H]1CCN(C(=O)c2ccc(Cl)s2)C1. The maximum absolute atomic E-state index is 12.7. The third-order valence-corrected chi connectivity index (χ3v) is 5.81. The van der Waals surface area contributed by atoms with Crippen molar-refractivity contribution in [2.75, 3.05) is 13.1 Å². The predicted octanol–water partition coefficient (Wildman–Crippen LogP) is 4.19. The number of thiophene rings is 1. The van der Waals surface area contributed by atoms with E-state index < -0.39 is 0 Å². The molecule has 25 heavy (non-hydrogen) atoms. The number of imidazole rings is 1. The van der Waals surface area contributed by atoms with Crippen molar-refractivity contribution < 1.29 is 4.79 Å². The van der Waals surface area contributed by atoms with Gasteiger partial charge in [0.25, 0.3) is 5.91 Å². The van der Waals surface area contributed by atoms with Crippen LogP contribution in [0.25, 0.3) is 11.2 Å². The highest BCUT2D eigenvalue weighted by molar-refractivity contribution is 7.17. The minimum absolute atomic E-state index is 0.0637. The van der Waals surface area contributed by atoms with Crippen molar-refractivity contribution in [2.45, 2.75) is 32.2 Å². The van der Waals surface area contributed by atoms with Gasteiger partial charge in [0.1, 0.15) is 11.3 Å². The Kier molecular flexibility index (Phi) is 4.48. The molecule has 0 bridgehead atoms. The molecular formula is C18H19ClN4OS. The van der Waals surface area contributed by atoms with Gasteiger partial charge in [-0.25, -0.2) is 9.97 Å². The summed E-state index contributed by atoms with van der Waals surface area (Å²) in [5.41, 5.74) is 1.85. The molecule has 1 aliphatic heterocycles. The number of aryl methyl sites for hydroxylation is 1. The largest absolute Gasteiger partial charge is 0.336 e. The Morgan fingerprint density at radius 1 is 1.40 bits per heavy atom. The van der Waals surface area contributed by atoms with Gasteiger partial charge >= 0.3 is 0 Å². The van der Waals surface area contributed by atoms with Crippen molar-refractivity contribution in [1.29, 1.82) is 0 Å². The molecule has 130 valence electrons. The van der Waals surface area contributed by atoms with Gasteiger partial charge in [0.05, 0.1) is 15.3 Å². The number of fused-ring (bicyclic) bond motifs is 1. The Bertz CT molecular complexity index is 919. The molecule has 1 amide bonds. The molecule has 0 radical (unpaired) electrons. The van der Waals surface area contributed by atoms with Gasteiger partial charge in [0.2, 0.25) is 0 Å². The summed E-state index contributed by atoms with van der Waals surface area (Å²) in [5.74, 6) is 1.13. The van der Waals surface area contributed by atoms with Crippen molar-refractivity contribution in [1.82, 2.24) is 19.4 Å². The lowest BCUT2D eigenvalue weighted by Crippen LogP contribution is -2.28. The Labute approximate surface area is 155 Å². The van der Waals surface area contributed by atoms with Crippen molar-refractivity contribution in [3.63, 3.8) is 0 Å². The highest BCUT2D eigenvalue weighted by Crippen LogP contribution is 2.30. The summed E-state index contributed by atoms with van der Waals surface area (Å²) < 4.78 is 2.89. The van der Waals surface area contributed by atoms with Crippen LogP contribution in [0.4, 0.5) is 0 Å². The summed E-state index contributed by atoms with van der Waals surface area (Å²) in [6.07, 6.45) is 4.68. The molecule has 0 saturated carbocycles. The van der Waals surface area contributed by atoms with Crippen LogP contribution in [0.5, 0.6) is 0 Å². The Hall–Kier alpha value is -1.92. The monoisotopic (exact) mass is 374 g/mol. The third-order valence-electron chi connectivity index (χ3n) is 4.60. The topological polar surface area (TPSA) is 51.0 Å². The molecule has 5 nitrogen and oxygen atoms in total. The van der Waals surface area contributed by atoms with Crippen LogP contribution in [0, 0.1) is 0 Å². The number of carbonyl (C=O) groups excluding carboxylic acids is 1. The Morgan fingerprint density at radius 2 is 2.28 bits per heavy atom. The highest BCUT2D eigenvalue weighted by Gasteiger charge is 2.31. The summed E-state index contributed by atoms with van der Waals surface area (Å²) in [5, 5.41) is 0. The first-order chi connectivity index (χ1) is 12.2. The molecule has 0 aliphatic carbocycles. The minimum Gasteiger partial charge on any atom is -0.336 e. The number of amides is 1. The van der Waals surface area contributed by atoms with Crippen LogP contribution in [0.2, 0.25) is 4.34 Å². The molecular weight excluding hydrogens is 356 g/mol. The summed E-state index contributed by atoms with van der Waals surface area (Å²) in [6, 6.07) is 7.73. The first-order valence-electron chi connectivity index (χ1n) is 8.54. The lowest BCUT2D eigenvalue weighted by atomic mass is 10.2. The molecule has 4 heterocycles. The highest BCUT2D eigenvalue weighted by atomic mass is 35.5. The van der Waals surface area contributed by atoms with E-state index in [0.29, 0.717) is 15.8 Å². The average Bonchev–Trinajstić information content (AvgIpc) is 3.32. The first-order valence-corrected chi connectivity index (χ1v) is 9.73. The molecule has 0 N–H and O–H groups in total. The van der Waals surface area contributed by atoms with Gasteiger partial charge < -0.3 is 9.47 Å². The Morgan fingerprint density at radius 3 is 3.04 bits per heavy atom. The number of halogens is 1. The fraction of sp³-hybridized carbons (Fsp3) is 0.389. The van der Waals surface area contributed by atoms with Gasteiger partial charge in [-0.1, -0.05) is 18.5 Å². The van der Waals surface area contributed by atoms with Crippen molar-refractivity contribution >= 4 is 40.0 Å². The van der Waals surface area contributed by atoms with Crippen molar-refractivity contribution in [3.8, 4) is 0 Å². The summed E-state index contributed by atoms with van der Waals surface area (Å²) in [6.45, 7) is 3.59. The zero-order chi connectivity index (χ0) is 17.4. The fourth-order valence-electron chi connectivity index (χ4n) is 3.48. The molecule has 7 heteroatoms.